The maximum Gasteiger partial charge on any atom is 0.191 e. The Morgan fingerprint density at radius 2 is 2.04 bits per heavy atom. The Hall–Kier alpha value is -1.16. The molecule has 0 saturated heterocycles. The molecule has 0 bridgehead atoms. The molecule has 0 radical (unpaired) electrons. The number of aromatic nitrogens is 3. The van der Waals surface area contributed by atoms with Crippen LogP contribution in [0.2, 0.25) is 0 Å². The Morgan fingerprint density at radius 3 is 2.63 bits per heavy atom. The van der Waals surface area contributed by atoms with Crippen molar-refractivity contribution in [1.29, 1.82) is 0 Å². The van der Waals surface area contributed by atoms with Crippen molar-refractivity contribution < 1.29 is 0 Å². The van der Waals surface area contributed by atoms with Crippen LogP contribution in [0.1, 0.15) is 37.5 Å². The predicted molar refractivity (Wildman–Crippen MR) is 126 cm³/mol. The van der Waals surface area contributed by atoms with Crippen LogP contribution >= 0.6 is 39.9 Å². The molecule has 0 amide bonds. The first-order chi connectivity index (χ1) is 12.5. The third-order valence-electron chi connectivity index (χ3n) is 4.45. The topological polar surface area (TPSA) is 67.1 Å². The van der Waals surface area contributed by atoms with E-state index >= 15 is 0 Å². The number of nitrogens with one attached hydrogen (secondary N) is 2. The van der Waals surface area contributed by atoms with Gasteiger partial charge in [0.15, 0.2) is 11.8 Å². The van der Waals surface area contributed by atoms with Crippen molar-refractivity contribution in [2.45, 2.75) is 40.2 Å². The molecule has 1 atom stereocenters. The van der Waals surface area contributed by atoms with E-state index in [4.69, 9.17) is 0 Å². The van der Waals surface area contributed by atoms with Gasteiger partial charge in [0.05, 0.1) is 0 Å². The molecule has 0 aliphatic heterocycles. The summed E-state index contributed by atoms with van der Waals surface area (Å²) in [7, 11) is 1.96. The van der Waals surface area contributed by atoms with E-state index in [1.165, 1.54) is 5.56 Å². The van der Waals surface area contributed by atoms with Gasteiger partial charge in [0.2, 0.25) is 0 Å². The molecule has 1 aromatic heterocycles. The summed E-state index contributed by atoms with van der Waals surface area (Å²) in [5.41, 5.74) is 1.35. The SMILES string of the molecule is CCNC(=NCc1nnc(C)n1C)NCC(CC)Cc1cccc(Br)c1.I. The lowest BCUT2D eigenvalue weighted by molar-refractivity contribution is 0.493. The van der Waals surface area contributed by atoms with Gasteiger partial charge in [0.1, 0.15) is 12.4 Å². The molecule has 0 spiro atoms. The molecule has 8 heteroatoms. The monoisotopic (exact) mass is 548 g/mol. The minimum atomic E-state index is 0. The van der Waals surface area contributed by atoms with E-state index in [0.29, 0.717) is 12.5 Å². The van der Waals surface area contributed by atoms with E-state index < -0.39 is 0 Å². The molecule has 1 aromatic carbocycles. The molecule has 1 unspecified atom stereocenters. The highest BCUT2D eigenvalue weighted by atomic mass is 127. The summed E-state index contributed by atoms with van der Waals surface area (Å²) in [6.45, 7) is 8.46. The number of rotatable bonds is 8. The Kier molecular flexibility index (Phi) is 10.9. The maximum absolute atomic E-state index is 4.65. The van der Waals surface area contributed by atoms with Gasteiger partial charge in [-0.3, -0.25) is 0 Å². The highest BCUT2D eigenvalue weighted by Crippen LogP contribution is 2.16. The zero-order valence-corrected chi connectivity index (χ0v) is 20.4. The summed E-state index contributed by atoms with van der Waals surface area (Å²) in [6, 6.07) is 8.53. The van der Waals surface area contributed by atoms with Gasteiger partial charge in [-0.25, -0.2) is 4.99 Å². The largest absolute Gasteiger partial charge is 0.357 e. The second-order valence-electron chi connectivity index (χ2n) is 6.41. The minimum Gasteiger partial charge on any atom is -0.357 e. The number of halogens is 2. The highest BCUT2D eigenvalue weighted by molar-refractivity contribution is 14.0. The standard InChI is InChI=1S/C19H29BrN6.HI/c1-5-15(10-16-8-7-9-17(20)11-16)12-22-19(21-6-2)23-13-18-25-24-14(3)26(18)4;/h7-9,11,15H,5-6,10,12-13H2,1-4H3,(H2,21,22,23);1H. The van der Waals surface area contributed by atoms with Crippen LogP contribution in [0.5, 0.6) is 0 Å². The van der Waals surface area contributed by atoms with Gasteiger partial charge < -0.3 is 15.2 Å². The van der Waals surface area contributed by atoms with E-state index in [-0.39, 0.29) is 24.0 Å². The summed E-state index contributed by atoms with van der Waals surface area (Å²) >= 11 is 3.55. The maximum atomic E-state index is 4.65. The summed E-state index contributed by atoms with van der Waals surface area (Å²) in [5.74, 6) is 3.13. The number of hydrogen-bond donors (Lipinski definition) is 2. The van der Waals surface area contributed by atoms with Gasteiger partial charge in [-0.15, -0.1) is 34.2 Å². The van der Waals surface area contributed by atoms with Crippen molar-refractivity contribution in [3.05, 3.63) is 46.0 Å². The van der Waals surface area contributed by atoms with Gasteiger partial charge in [0.25, 0.3) is 0 Å². The lowest BCUT2D eigenvalue weighted by atomic mass is 9.97. The third kappa shape index (κ3) is 7.77. The van der Waals surface area contributed by atoms with Crippen LogP contribution in [-0.2, 0) is 20.0 Å². The Balaban J connectivity index is 0.00000364. The summed E-state index contributed by atoms with van der Waals surface area (Å²) in [6.07, 6.45) is 2.16. The summed E-state index contributed by atoms with van der Waals surface area (Å²) in [5, 5.41) is 15.0. The zero-order valence-electron chi connectivity index (χ0n) is 16.5. The smallest absolute Gasteiger partial charge is 0.191 e. The fourth-order valence-electron chi connectivity index (χ4n) is 2.68. The fraction of sp³-hybridized carbons (Fsp3) is 0.526. The van der Waals surface area contributed by atoms with E-state index in [2.05, 4.69) is 79.9 Å². The molecule has 2 aromatic rings. The van der Waals surface area contributed by atoms with E-state index in [1.54, 1.807) is 0 Å². The average molecular weight is 549 g/mol. The zero-order chi connectivity index (χ0) is 18.9. The highest BCUT2D eigenvalue weighted by Gasteiger charge is 2.10. The second-order valence-corrected chi connectivity index (χ2v) is 7.32. The van der Waals surface area contributed by atoms with Crippen molar-refractivity contribution in [3.63, 3.8) is 0 Å². The third-order valence-corrected chi connectivity index (χ3v) is 4.95. The Bertz CT molecular complexity index is 731. The van der Waals surface area contributed by atoms with Crippen LogP contribution < -0.4 is 10.6 Å². The molecule has 2 N–H and O–H groups in total. The van der Waals surface area contributed by atoms with Crippen LogP contribution in [0.25, 0.3) is 0 Å². The number of benzene rings is 1. The number of nitrogens with zero attached hydrogens (tertiary/aromatic N) is 4. The van der Waals surface area contributed by atoms with Gasteiger partial charge in [-0.05, 0) is 43.9 Å². The van der Waals surface area contributed by atoms with Crippen LogP contribution in [0.4, 0.5) is 0 Å². The molecular formula is C19H30BrIN6. The molecule has 0 aliphatic carbocycles. The summed E-state index contributed by atoms with van der Waals surface area (Å²) in [4.78, 5) is 4.65. The van der Waals surface area contributed by atoms with Gasteiger partial charge in [-0.2, -0.15) is 0 Å². The van der Waals surface area contributed by atoms with E-state index in [1.807, 2.05) is 18.5 Å². The Labute approximate surface area is 187 Å². The van der Waals surface area contributed by atoms with Gasteiger partial charge >= 0.3 is 0 Å². The first-order valence-corrected chi connectivity index (χ1v) is 9.94. The normalized spacial score (nSPS) is 12.4. The lowest BCUT2D eigenvalue weighted by Gasteiger charge is -2.18. The minimum absolute atomic E-state index is 0. The lowest BCUT2D eigenvalue weighted by Crippen LogP contribution is -2.40. The van der Waals surface area contributed by atoms with Crippen LogP contribution in [0.15, 0.2) is 33.7 Å². The number of aryl methyl sites for hydroxylation is 1. The van der Waals surface area contributed by atoms with Crippen molar-refractivity contribution in [3.8, 4) is 0 Å². The predicted octanol–water partition coefficient (Wildman–Crippen LogP) is 3.83. The second kappa shape index (κ2) is 12.3. The first kappa shape index (κ1) is 23.9. The number of hydrogen-bond acceptors (Lipinski definition) is 3. The molecule has 2 rings (SSSR count). The molecule has 27 heavy (non-hydrogen) atoms. The van der Waals surface area contributed by atoms with E-state index in [0.717, 1.165) is 48.0 Å². The van der Waals surface area contributed by atoms with Crippen molar-refractivity contribution >= 4 is 45.9 Å². The quantitative estimate of drug-likeness (QED) is 0.299. The van der Waals surface area contributed by atoms with Crippen molar-refractivity contribution in [2.24, 2.45) is 18.0 Å². The number of aliphatic imine (C=N–C) groups is 1. The molecule has 1 heterocycles. The van der Waals surface area contributed by atoms with Crippen LogP contribution in [0, 0.1) is 12.8 Å². The van der Waals surface area contributed by atoms with E-state index in [9.17, 15) is 0 Å². The summed E-state index contributed by atoms with van der Waals surface area (Å²) < 4.78 is 3.10. The first-order valence-electron chi connectivity index (χ1n) is 9.14. The number of guanidine groups is 1. The Morgan fingerprint density at radius 1 is 1.26 bits per heavy atom. The van der Waals surface area contributed by atoms with Crippen LogP contribution in [-0.4, -0.2) is 33.8 Å². The molecule has 150 valence electrons. The van der Waals surface area contributed by atoms with Gasteiger partial charge in [-0.1, -0.05) is 41.4 Å². The van der Waals surface area contributed by atoms with Crippen molar-refractivity contribution in [2.75, 3.05) is 13.1 Å². The fourth-order valence-corrected chi connectivity index (χ4v) is 3.13. The van der Waals surface area contributed by atoms with Gasteiger partial charge in [0, 0.05) is 24.6 Å². The molecule has 6 nitrogen and oxygen atoms in total. The molecule has 0 aliphatic rings. The average Bonchev–Trinajstić information content (AvgIpc) is 2.94. The molecule has 0 saturated carbocycles. The van der Waals surface area contributed by atoms with Crippen molar-refractivity contribution in [1.82, 2.24) is 25.4 Å². The molecular weight excluding hydrogens is 519 g/mol. The molecule has 0 fully saturated rings. The van der Waals surface area contributed by atoms with Crippen LogP contribution in [0.3, 0.4) is 0 Å².